The molecule has 3 rings (SSSR count). The summed E-state index contributed by atoms with van der Waals surface area (Å²) in [6.45, 7) is 0. The number of pyridine rings is 1. The molecular weight excluding hydrogens is 281 g/mol. The number of halogens is 2. The number of benzene rings is 1. The molecule has 0 radical (unpaired) electrons. The largest absolute Gasteiger partial charge is 0.493 e. The number of aromatic hydroxyl groups is 1. The van der Waals surface area contributed by atoms with E-state index in [1.54, 1.807) is 0 Å². The summed E-state index contributed by atoms with van der Waals surface area (Å²) in [6.07, 6.45) is -1.44. The minimum absolute atomic E-state index is 0.145. The summed E-state index contributed by atoms with van der Waals surface area (Å²) < 4.78 is 4.63. The van der Waals surface area contributed by atoms with Crippen molar-refractivity contribution in [3.63, 3.8) is 0 Å². The van der Waals surface area contributed by atoms with E-state index in [9.17, 15) is 15.0 Å². The van der Waals surface area contributed by atoms with E-state index in [0.717, 1.165) is 0 Å². The van der Waals surface area contributed by atoms with Crippen molar-refractivity contribution >= 4 is 40.1 Å². The minimum atomic E-state index is -1.44. The van der Waals surface area contributed by atoms with Gasteiger partial charge in [0, 0.05) is 10.9 Å². The number of ether oxygens (including phenoxy) is 1. The van der Waals surface area contributed by atoms with Gasteiger partial charge in [-0.05, 0) is 12.1 Å². The number of nitrogens with zero attached hydrogens (tertiary/aromatic N) is 1. The van der Waals surface area contributed by atoms with Crippen molar-refractivity contribution in [3.8, 4) is 5.88 Å². The molecule has 0 bridgehead atoms. The molecule has 1 aromatic carbocycles. The zero-order valence-corrected chi connectivity index (χ0v) is 10.2. The average molecular weight is 286 g/mol. The van der Waals surface area contributed by atoms with Crippen LogP contribution in [0.1, 0.15) is 22.2 Å². The molecule has 2 heterocycles. The first-order valence-corrected chi connectivity index (χ1v) is 5.65. The first-order valence-electron chi connectivity index (χ1n) is 4.89. The van der Waals surface area contributed by atoms with E-state index < -0.39 is 18.1 Å². The van der Waals surface area contributed by atoms with E-state index in [-0.39, 0.29) is 21.2 Å². The summed E-state index contributed by atoms with van der Waals surface area (Å²) in [7, 11) is 0. The number of rotatable bonds is 0. The van der Waals surface area contributed by atoms with Crippen molar-refractivity contribution in [2.45, 2.75) is 6.29 Å². The van der Waals surface area contributed by atoms with Crippen LogP contribution in [0, 0.1) is 0 Å². The molecule has 0 saturated heterocycles. The normalized spacial score (nSPS) is 17.9. The van der Waals surface area contributed by atoms with Gasteiger partial charge in [0.2, 0.25) is 12.2 Å². The number of carbonyl (C=O) groups excluding carboxylic acids is 1. The molecule has 0 amide bonds. The molecule has 7 heteroatoms. The molecule has 92 valence electrons. The van der Waals surface area contributed by atoms with Gasteiger partial charge in [-0.3, -0.25) is 0 Å². The molecule has 1 aliphatic heterocycles. The Hall–Kier alpha value is -1.56. The number of hydrogen-bond donors (Lipinski definition) is 2. The van der Waals surface area contributed by atoms with Crippen molar-refractivity contribution in [2.24, 2.45) is 0 Å². The summed E-state index contributed by atoms with van der Waals surface area (Å²) in [4.78, 5) is 15.3. The first-order chi connectivity index (χ1) is 8.49. The zero-order valence-electron chi connectivity index (χ0n) is 8.65. The van der Waals surface area contributed by atoms with Gasteiger partial charge in [-0.1, -0.05) is 23.2 Å². The monoisotopic (exact) mass is 285 g/mol. The average Bonchev–Trinajstić information content (AvgIpc) is 2.58. The van der Waals surface area contributed by atoms with Gasteiger partial charge in [-0.2, -0.15) is 0 Å². The van der Waals surface area contributed by atoms with Gasteiger partial charge in [0.15, 0.2) is 0 Å². The van der Waals surface area contributed by atoms with Crippen LogP contribution in [0.2, 0.25) is 10.0 Å². The van der Waals surface area contributed by atoms with Gasteiger partial charge in [0.25, 0.3) is 0 Å². The number of aliphatic hydroxyl groups is 1. The summed E-state index contributed by atoms with van der Waals surface area (Å²) in [5.41, 5.74) is 0.326. The molecule has 18 heavy (non-hydrogen) atoms. The number of cyclic esters (lactones) is 1. The molecule has 2 aromatic rings. The topological polar surface area (TPSA) is 79.7 Å². The van der Waals surface area contributed by atoms with E-state index >= 15 is 0 Å². The standard InChI is InChI=1S/C11H5Cl2NO4/c12-4-1-3-6(2-5(4)13)14-9(15)8-7(3)10(16)18-11(8)17/h1-2,10,16H,(H,14,15). The number of aliphatic hydroxyl groups excluding tert-OH is 1. The molecule has 0 saturated carbocycles. The molecular formula is C11H5Cl2NO4. The van der Waals surface area contributed by atoms with Gasteiger partial charge in [0.1, 0.15) is 5.56 Å². The summed E-state index contributed by atoms with van der Waals surface area (Å²) >= 11 is 11.7. The van der Waals surface area contributed by atoms with Crippen LogP contribution in [0.5, 0.6) is 5.88 Å². The SMILES string of the molecule is O=C1OC(O)c2c1c(O)nc1cc(Cl)c(Cl)cc21. The molecule has 1 atom stereocenters. The maximum absolute atomic E-state index is 11.5. The number of hydrogen-bond acceptors (Lipinski definition) is 5. The first kappa shape index (κ1) is 11.5. The Bertz CT molecular complexity index is 701. The van der Waals surface area contributed by atoms with E-state index in [4.69, 9.17) is 23.2 Å². The van der Waals surface area contributed by atoms with Crippen LogP contribution >= 0.6 is 23.2 Å². The Labute approximate surface area is 111 Å². The Balaban J connectivity index is 2.48. The van der Waals surface area contributed by atoms with E-state index in [1.807, 2.05) is 0 Å². The fourth-order valence-corrected chi connectivity index (χ4v) is 2.27. The van der Waals surface area contributed by atoms with E-state index in [0.29, 0.717) is 10.9 Å². The van der Waals surface area contributed by atoms with E-state index in [2.05, 4.69) is 9.72 Å². The minimum Gasteiger partial charge on any atom is -0.493 e. The second kappa shape index (κ2) is 3.71. The lowest BCUT2D eigenvalue weighted by Gasteiger charge is -2.08. The second-order valence-corrected chi connectivity index (χ2v) is 4.58. The molecule has 0 fully saturated rings. The van der Waals surface area contributed by atoms with Crippen LogP contribution in [-0.2, 0) is 4.74 Å². The highest BCUT2D eigenvalue weighted by Crippen LogP contribution is 2.40. The third-order valence-electron chi connectivity index (χ3n) is 2.72. The number of esters is 1. The van der Waals surface area contributed by atoms with Crippen LogP contribution < -0.4 is 0 Å². The van der Waals surface area contributed by atoms with Gasteiger partial charge in [0.05, 0.1) is 15.6 Å². The second-order valence-electron chi connectivity index (χ2n) is 3.77. The molecule has 1 aliphatic rings. The Morgan fingerprint density at radius 1 is 1.28 bits per heavy atom. The predicted octanol–water partition coefficient (Wildman–Crippen LogP) is 2.41. The lowest BCUT2D eigenvalue weighted by molar-refractivity contribution is -0.0540. The lowest BCUT2D eigenvalue weighted by atomic mass is 10.0. The van der Waals surface area contributed by atoms with Gasteiger partial charge >= 0.3 is 5.97 Å². The Morgan fingerprint density at radius 3 is 2.67 bits per heavy atom. The molecule has 2 N–H and O–H groups in total. The maximum Gasteiger partial charge on any atom is 0.346 e. The molecule has 1 unspecified atom stereocenters. The van der Waals surface area contributed by atoms with Crippen molar-refractivity contribution in [1.82, 2.24) is 4.98 Å². The lowest BCUT2D eigenvalue weighted by Crippen LogP contribution is -1.96. The quantitative estimate of drug-likeness (QED) is 0.727. The van der Waals surface area contributed by atoms with Crippen molar-refractivity contribution < 1.29 is 19.7 Å². The van der Waals surface area contributed by atoms with Crippen molar-refractivity contribution in [2.75, 3.05) is 0 Å². The van der Waals surface area contributed by atoms with E-state index in [1.165, 1.54) is 12.1 Å². The Morgan fingerprint density at radius 2 is 1.94 bits per heavy atom. The highest BCUT2D eigenvalue weighted by Gasteiger charge is 2.35. The zero-order chi connectivity index (χ0) is 13.0. The molecule has 0 spiro atoms. The number of carbonyl (C=O) groups is 1. The van der Waals surface area contributed by atoms with Crippen molar-refractivity contribution in [3.05, 3.63) is 33.3 Å². The highest BCUT2D eigenvalue weighted by atomic mass is 35.5. The number of aromatic nitrogens is 1. The third-order valence-corrected chi connectivity index (χ3v) is 3.44. The maximum atomic E-state index is 11.5. The highest BCUT2D eigenvalue weighted by molar-refractivity contribution is 6.42. The predicted molar refractivity (Wildman–Crippen MR) is 63.8 cm³/mol. The fourth-order valence-electron chi connectivity index (χ4n) is 1.95. The summed E-state index contributed by atoms with van der Waals surface area (Å²) in [5, 5.41) is 20.3. The molecule has 5 nitrogen and oxygen atoms in total. The number of fused-ring (bicyclic) bond motifs is 3. The Kier molecular flexibility index (Phi) is 2.38. The van der Waals surface area contributed by atoms with Crippen LogP contribution in [0.3, 0.4) is 0 Å². The van der Waals surface area contributed by atoms with Gasteiger partial charge in [-0.25, -0.2) is 9.78 Å². The van der Waals surface area contributed by atoms with Gasteiger partial charge < -0.3 is 14.9 Å². The van der Waals surface area contributed by atoms with Crippen LogP contribution in [0.25, 0.3) is 10.9 Å². The van der Waals surface area contributed by atoms with Crippen LogP contribution in [0.4, 0.5) is 0 Å². The van der Waals surface area contributed by atoms with Crippen LogP contribution in [0.15, 0.2) is 12.1 Å². The third kappa shape index (κ3) is 1.45. The fraction of sp³-hybridized carbons (Fsp3) is 0.0909. The smallest absolute Gasteiger partial charge is 0.346 e. The summed E-state index contributed by atoms with van der Waals surface area (Å²) in [6, 6.07) is 2.91. The molecule has 0 aliphatic carbocycles. The van der Waals surface area contributed by atoms with Crippen molar-refractivity contribution in [1.29, 1.82) is 0 Å². The van der Waals surface area contributed by atoms with Gasteiger partial charge in [-0.15, -0.1) is 0 Å². The molecule has 1 aromatic heterocycles. The van der Waals surface area contributed by atoms with Crippen LogP contribution in [-0.4, -0.2) is 21.2 Å². The summed E-state index contributed by atoms with van der Waals surface area (Å²) in [5.74, 6) is -1.33.